The predicted molar refractivity (Wildman–Crippen MR) is 95.7 cm³/mol. The van der Waals surface area contributed by atoms with Crippen LogP contribution >= 0.6 is 0 Å². The summed E-state index contributed by atoms with van der Waals surface area (Å²) in [5, 5.41) is 12.2. The van der Waals surface area contributed by atoms with Crippen LogP contribution in [0, 0.1) is 18.3 Å². The highest BCUT2D eigenvalue weighted by Gasteiger charge is 2.21. The molecule has 7 heteroatoms. The van der Waals surface area contributed by atoms with Gasteiger partial charge in [0.25, 0.3) is 0 Å². The highest BCUT2D eigenvalue weighted by Crippen LogP contribution is 2.20. The molecular weight excluding hydrogens is 316 g/mol. The van der Waals surface area contributed by atoms with E-state index in [1.807, 2.05) is 30.0 Å². The maximum absolute atomic E-state index is 11.4. The van der Waals surface area contributed by atoms with Crippen molar-refractivity contribution in [1.29, 1.82) is 5.26 Å². The maximum atomic E-state index is 11.4. The number of nitrogens with zero attached hydrogens (tertiary/aromatic N) is 5. The summed E-state index contributed by atoms with van der Waals surface area (Å²) in [6.07, 6.45) is 0. The van der Waals surface area contributed by atoms with Gasteiger partial charge in [0.2, 0.25) is 11.9 Å². The third-order valence-corrected chi connectivity index (χ3v) is 4.11. The van der Waals surface area contributed by atoms with Crippen molar-refractivity contribution in [3.63, 3.8) is 0 Å². The molecule has 1 aliphatic rings. The normalized spacial score (nSPS) is 14.1. The van der Waals surface area contributed by atoms with Crippen molar-refractivity contribution in [1.82, 2.24) is 14.9 Å². The first kappa shape index (κ1) is 16.7. The molecule has 1 aromatic heterocycles. The summed E-state index contributed by atoms with van der Waals surface area (Å²) in [5.74, 6) is 1.44. The number of aromatic nitrogens is 2. The molecule has 0 saturated carbocycles. The zero-order valence-corrected chi connectivity index (χ0v) is 14.4. The molecule has 0 aliphatic carbocycles. The first-order chi connectivity index (χ1) is 12.0. The number of nitrogens with one attached hydrogen (secondary N) is 1. The van der Waals surface area contributed by atoms with E-state index in [4.69, 9.17) is 5.26 Å². The molecule has 3 rings (SSSR count). The lowest BCUT2D eigenvalue weighted by Gasteiger charge is -2.34. The number of benzene rings is 1. The molecule has 0 atom stereocenters. The molecule has 7 nitrogen and oxygen atoms in total. The molecule has 1 N–H and O–H groups in total. The Kier molecular flexibility index (Phi) is 4.80. The molecule has 0 radical (unpaired) electrons. The Hall–Kier alpha value is -3.14. The van der Waals surface area contributed by atoms with Crippen LogP contribution in [0.2, 0.25) is 0 Å². The molecule has 2 heterocycles. The lowest BCUT2D eigenvalue weighted by atomic mass is 10.2. The molecule has 1 saturated heterocycles. The van der Waals surface area contributed by atoms with Gasteiger partial charge in [0, 0.05) is 50.6 Å². The molecule has 0 bridgehead atoms. The van der Waals surface area contributed by atoms with Crippen molar-refractivity contribution in [3.8, 4) is 6.07 Å². The fourth-order valence-electron chi connectivity index (χ4n) is 2.79. The quantitative estimate of drug-likeness (QED) is 0.923. The molecule has 1 aromatic carbocycles. The zero-order valence-electron chi connectivity index (χ0n) is 14.4. The standard InChI is InChI=1S/C18H20N6O/c1-13-10-17(21-16-5-3-4-15(11-16)12-19)22-18(20-13)24-8-6-23(7-9-24)14(2)25/h3-5,10-11H,6-9H2,1-2H3,(H,20,21,22). The largest absolute Gasteiger partial charge is 0.340 e. The van der Waals surface area contributed by atoms with E-state index < -0.39 is 0 Å². The number of carbonyl (C=O) groups excluding carboxylic acids is 1. The second-order valence-electron chi connectivity index (χ2n) is 6.01. The average Bonchev–Trinajstić information content (AvgIpc) is 2.61. The first-order valence-electron chi connectivity index (χ1n) is 8.18. The van der Waals surface area contributed by atoms with Gasteiger partial charge in [0.05, 0.1) is 11.6 Å². The summed E-state index contributed by atoms with van der Waals surface area (Å²) in [6.45, 7) is 6.31. The van der Waals surface area contributed by atoms with Crippen LogP contribution < -0.4 is 10.2 Å². The molecular formula is C18H20N6O. The van der Waals surface area contributed by atoms with Gasteiger partial charge in [-0.1, -0.05) is 6.07 Å². The fourth-order valence-corrected chi connectivity index (χ4v) is 2.79. The number of hydrogen-bond acceptors (Lipinski definition) is 6. The Bertz CT molecular complexity index is 821. The lowest BCUT2D eigenvalue weighted by Crippen LogP contribution is -2.48. The lowest BCUT2D eigenvalue weighted by molar-refractivity contribution is -0.129. The smallest absolute Gasteiger partial charge is 0.227 e. The van der Waals surface area contributed by atoms with Crippen molar-refractivity contribution in [2.45, 2.75) is 13.8 Å². The van der Waals surface area contributed by atoms with E-state index in [1.165, 1.54) is 0 Å². The second-order valence-corrected chi connectivity index (χ2v) is 6.01. The van der Waals surface area contributed by atoms with Gasteiger partial charge in [0.1, 0.15) is 5.82 Å². The summed E-state index contributed by atoms with van der Waals surface area (Å²) >= 11 is 0. The number of hydrogen-bond donors (Lipinski definition) is 1. The van der Waals surface area contributed by atoms with Crippen LogP contribution in [0.4, 0.5) is 17.5 Å². The van der Waals surface area contributed by atoms with Gasteiger partial charge < -0.3 is 15.1 Å². The molecule has 25 heavy (non-hydrogen) atoms. The number of aryl methyl sites for hydroxylation is 1. The minimum absolute atomic E-state index is 0.101. The summed E-state index contributed by atoms with van der Waals surface area (Å²) < 4.78 is 0. The van der Waals surface area contributed by atoms with E-state index in [0.717, 1.165) is 11.4 Å². The summed E-state index contributed by atoms with van der Waals surface area (Å²) in [4.78, 5) is 24.5. The van der Waals surface area contributed by atoms with Gasteiger partial charge in [-0.2, -0.15) is 10.2 Å². The Morgan fingerprint density at radius 2 is 1.96 bits per heavy atom. The minimum Gasteiger partial charge on any atom is -0.340 e. The van der Waals surface area contributed by atoms with Crippen LogP contribution in [0.1, 0.15) is 18.2 Å². The van der Waals surface area contributed by atoms with Crippen LogP contribution in [0.25, 0.3) is 0 Å². The molecule has 0 unspecified atom stereocenters. The summed E-state index contributed by atoms with van der Waals surface area (Å²) in [6, 6.07) is 11.3. The molecule has 1 aliphatic heterocycles. The van der Waals surface area contributed by atoms with Gasteiger partial charge >= 0.3 is 0 Å². The highest BCUT2D eigenvalue weighted by molar-refractivity contribution is 5.73. The number of rotatable bonds is 3. The molecule has 1 fully saturated rings. The zero-order chi connectivity index (χ0) is 17.8. The Balaban J connectivity index is 1.77. The van der Waals surface area contributed by atoms with Crippen molar-refractivity contribution in [2.75, 3.05) is 36.4 Å². The second kappa shape index (κ2) is 7.18. The number of nitriles is 1. The SMILES string of the molecule is CC(=O)N1CCN(c2nc(C)cc(Nc3cccc(C#N)c3)n2)CC1. The van der Waals surface area contributed by atoms with Crippen LogP contribution in [0.5, 0.6) is 0 Å². The topological polar surface area (TPSA) is 85.2 Å². The van der Waals surface area contributed by atoms with Crippen molar-refractivity contribution in [2.24, 2.45) is 0 Å². The van der Waals surface area contributed by atoms with Gasteiger partial charge in [-0.3, -0.25) is 4.79 Å². The third-order valence-electron chi connectivity index (χ3n) is 4.11. The van der Waals surface area contributed by atoms with Crippen LogP contribution in [0.3, 0.4) is 0 Å². The van der Waals surface area contributed by atoms with E-state index in [-0.39, 0.29) is 5.91 Å². The van der Waals surface area contributed by atoms with E-state index in [9.17, 15) is 4.79 Å². The van der Waals surface area contributed by atoms with Crippen LogP contribution in [0.15, 0.2) is 30.3 Å². The monoisotopic (exact) mass is 336 g/mol. The molecule has 0 spiro atoms. The van der Waals surface area contributed by atoms with Crippen LogP contribution in [-0.2, 0) is 4.79 Å². The fraction of sp³-hybridized carbons (Fsp3) is 0.333. The summed E-state index contributed by atoms with van der Waals surface area (Å²) in [5.41, 5.74) is 2.26. The van der Waals surface area contributed by atoms with Crippen molar-refractivity contribution in [3.05, 3.63) is 41.6 Å². The molecule has 1 amide bonds. The van der Waals surface area contributed by atoms with Gasteiger partial charge in [-0.25, -0.2) is 4.98 Å². The van der Waals surface area contributed by atoms with Crippen molar-refractivity contribution < 1.29 is 4.79 Å². The molecule has 128 valence electrons. The maximum Gasteiger partial charge on any atom is 0.227 e. The van der Waals surface area contributed by atoms with Gasteiger partial charge in [0.15, 0.2) is 0 Å². The number of anilines is 3. The number of piperazine rings is 1. The average molecular weight is 336 g/mol. The van der Waals surface area contributed by atoms with Gasteiger partial charge in [-0.15, -0.1) is 0 Å². The highest BCUT2D eigenvalue weighted by atomic mass is 16.2. The van der Waals surface area contributed by atoms with Gasteiger partial charge in [-0.05, 0) is 25.1 Å². The van der Waals surface area contributed by atoms with Crippen molar-refractivity contribution >= 4 is 23.4 Å². The van der Waals surface area contributed by atoms with Crippen LogP contribution in [-0.4, -0.2) is 47.0 Å². The van der Waals surface area contributed by atoms with E-state index >= 15 is 0 Å². The Labute approximate surface area is 146 Å². The Morgan fingerprint density at radius 3 is 2.64 bits per heavy atom. The first-order valence-corrected chi connectivity index (χ1v) is 8.18. The summed E-state index contributed by atoms with van der Waals surface area (Å²) in [7, 11) is 0. The van der Waals surface area contributed by atoms with E-state index in [0.29, 0.717) is 43.5 Å². The number of amides is 1. The predicted octanol–water partition coefficient (Wildman–Crippen LogP) is 2.07. The number of carbonyl (C=O) groups is 1. The third kappa shape index (κ3) is 4.04. The van der Waals surface area contributed by atoms with E-state index in [2.05, 4.69) is 26.3 Å². The Morgan fingerprint density at radius 1 is 1.20 bits per heavy atom. The minimum atomic E-state index is 0.101. The molecule has 2 aromatic rings. The van der Waals surface area contributed by atoms with E-state index in [1.54, 1.807) is 19.1 Å².